The quantitative estimate of drug-likeness (QED) is 0.0680. The molecule has 0 bridgehead atoms. The van der Waals surface area contributed by atoms with Crippen LogP contribution in [-0.4, -0.2) is 78.8 Å². The first kappa shape index (κ1) is 39.2. The topological polar surface area (TPSA) is 250 Å². The second kappa shape index (κ2) is 18.2. The number of piperidine rings is 1. The maximum atomic E-state index is 13.0. The zero-order valence-electron chi connectivity index (χ0n) is 29.9. The number of nitrogens with zero attached hydrogens (tertiary/aromatic N) is 2. The van der Waals surface area contributed by atoms with E-state index < -0.39 is 42.1 Å². The molecule has 3 aromatic rings. The van der Waals surface area contributed by atoms with Gasteiger partial charge in [-0.25, -0.2) is 14.4 Å². The molecule has 18 heteroatoms. The molecule has 5 rings (SSSR count). The predicted molar refractivity (Wildman–Crippen MR) is 198 cm³/mol. The third kappa shape index (κ3) is 10.3. The third-order valence-corrected chi connectivity index (χ3v) is 8.97. The van der Waals surface area contributed by atoms with Crippen LogP contribution in [0.4, 0.5) is 31.4 Å². The average Bonchev–Trinajstić information content (AvgIpc) is 3.49. The fourth-order valence-corrected chi connectivity index (χ4v) is 6.10. The van der Waals surface area contributed by atoms with Crippen LogP contribution in [0.3, 0.4) is 0 Å². The summed E-state index contributed by atoms with van der Waals surface area (Å²) in [5.41, 5.74) is 8.72. The maximum absolute atomic E-state index is 13.0. The minimum atomic E-state index is -0.828. The van der Waals surface area contributed by atoms with Crippen LogP contribution in [0.5, 0.6) is 0 Å². The van der Waals surface area contributed by atoms with Crippen molar-refractivity contribution in [1.82, 2.24) is 26.2 Å². The first-order chi connectivity index (χ1) is 26.4. The molecule has 2 atom stereocenters. The van der Waals surface area contributed by atoms with Gasteiger partial charge in [-0.05, 0) is 66.3 Å². The predicted octanol–water partition coefficient (Wildman–Crippen LogP) is 2.04. The van der Waals surface area contributed by atoms with Crippen molar-refractivity contribution < 1.29 is 43.1 Å². The van der Waals surface area contributed by atoms with Crippen molar-refractivity contribution in [3.63, 3.8) is 0 Å². The zero-order valence-corrected chi connectivity index (χ0v) is 29.9. The van der Waals surface area contributed by atoms with Crippen LogP contribution in [0.25, 0.3) is 0 Å². The first-order valence-corrected chi connectivity index (χ1v) is 17.4. The molecule has 2 heterocycles. The second-order valence-corrected chi connectivity index (χ2v) is 12.8. The van der Waals surface area contributed by atoms with Crippen molar-refractivity contribution >= 4 is 65.3 Å². The highest BCUT2D eigenvalue weighted by molar-refractivity contribution is 6.05. The molecular formula is C37H41N9O9. The third-order valence-electron chi connectivity index (χ3n) is 8.97. The number of ether oxygens (including phenoxy) is 1. The van der Waals surface area contributed by atoms with E-state index in [1.165, 1.54) is 16.8 Å². The standard InChI is InChI=1S/C37H41N9O9/c1-45(37(54)55-20-22-8-11-25(12-9-22)42-32(49)28(41-21-47)6-4-16-39-35(38)52)29-7-3-2-5-27(29)43-36(53)40-18-23-10-13-26-24(17-23)19-46(34(26)51)30-14-15-31(48)44-33(30)50/h2-3,5,7-13,17,21,28,30H,4,6,14-16,18-20H2,1H3,(H,41,47)(H,42,49)(H3,38,39,52)(H2,40,43,53)(H,44,48,50). The highest BCUT2D eigenvalue weighted by Gasteiger charge is 2.39. The molecule has 2 aliphatic rings. The Labute approximate surface area is 315 Å². The van der Waals surface area contributed by atoms with Crippen LogP contribution in [0.2, 0.25) is 0 Å². The first-order valence-electron chi connectivity index (χ1n) is 17.4. The Kier molecular flexibility index (Phi) is 13.0. The van der Waals surface area contributed by atoms with E-state index >= 15 is 0 Å². The minimum Gasteiger partial charge on any atom is -0.444 e. The number of amides is 10. The summed E-state index contributed by atoms with van der Waals surface area (Å²) in [6.45, 7) is 0.496. The monoisotopic (exact) mass is 755 g/mol. The van der Waals surface area contributed by atoms with Crippen molar-refractivity contribution in [2.75, 3.05) is 29.1 Å². The summed E-state index contributed by atoms with van der Waals surface area (Å²) in [6, 6.07) is 15.6. The van der Waals surface area contributed by atoms with E-state index in [0.29, 0.717) is 46.6 Å². The lowest BCUT2D eigenvalue weighted by Gasteiger charge is -2.29. The molecule has 2 unspecified atom stereocenters. The Bertz CT molecular complexity index is 1970. The Morgan fingerprint density at radius 1 is 1.00 bits per heavy atom. The molecular weight excluding hydrogens is 714 g/mol. The summed E-state index contributed by atoms with van der Waals surface area (Å²) < 4.78 is 5.49. The smallest absolute Gasteiger partial charge is 0.414 e. The van der Waals surface area contributed by atoms with Crippen molar-refractivity contribution in [2.24, 2.45) is 5.73 Å². The van der Waals surface area contributed by atoms with Crippen LogP contribution in [0, 0.1) is 0 Å². The van der Waals surface area contributed by atoms with Crippen molar-refractivity contribution in [3.05, 3.63) is 89.0 Å². The van der Waals surface area contributed by atoms with Crippen molar-refractivity contribution in [2.45, 2.75) is 57.5 Å². The number of carbonyl (C=O) groups excluding carboxylic acids is 8. The number of imide groups is 1. The van der Waals surface area contributed by atoms with Gasteiger partial charge in [0.2, 0.25) is 24.1 Å². The van der Waals surface area contributed by atoms with Gasteiger partial charge in [-0.2, -0.15) is 0 Å². The number of anilines is 3. The molecule has 1 fully saturated rings. The number of urea groups is 2. The molecule has 0 spiro atoms. The lowest BCUT2D eigenvalue weighted by molar-refractivity contribution is -0.137. The molecule has 10 amide bonds. The highest BCUT2D eigenvalue weighted by Crippen LogP contribution is 2.29. The molecule has 1 saturated heterocycles. The fraction of sp³-hybridized carbons (Fsp3) is 0.297. The zero-order chi connectivity index (χ0) is 39.5. The van der Waals surface area contributed by atoms with Crippen LogP contribution < -0.4 is 42.5 Å². The van der Waals surface area contributed by atoms with Crippen LogP contribution in [-0.2, 0) is 43.6 Å². The number of hydrogen-bond acceptors (Lipinski definition) is 9. The van der Waals surface area contributed by atoms with E-state index in [0.717, 1.165) is 5.56 Å². The Balaban J connectivity index is 1.09. The van der Waals surface area contributed by atoms with Crippen LogP contribution >= 0.6 is 0 Å². The lowest BCUT2D eigenvalue weighted by Crippen LogP contribution is -2.52. The molecule has 3 aromatic carbocycles. The Hall–Kier alpha value is -6.98. The molecule has 18 nitrogen and oxygen atoms in total. The van der Waals surface area contributed by atoms with Crippen LogP contribution in [0.1, 0.15) is 52.7 Å². The van der Waals surface area contributed by atoms with Gasteiger partial charge in [-0.3, -0.25) is 34.2 Å². The van der Waals surface area contributed by atoms with Gasteiger partial charge >= 0.3 is 18.2 Å². The van der Waals surface area contributed by atoms with Crippen LogP contribution in [0.15, 0.2) is 66.7 Å². The number of para-hydroxylation sites is 2. The van der Waals surface area contributed by atoms with Crippen molar-refractivity contribution in [3.8, 4) is 0 Å². The number of rotatable bonds is 15. The van der Waals surface area contributed by atoms with Gasteiger partial charge in [0.05, 0.1) is 11.4 Å². The summed E-state index contributed by atoms with van der Waals surface area (Å²) >= 11 is 0. The molecule has 0 aliphatic carbocycles. The average molecular weight is 756 g/mol. The molecule has 8 N–H and O–H groups in total. The number of nitrogens with one attached hydrogen (secondary N) is 6. The van der Waals surface area contributed by atoms with Gasteiger partial charge in [0.1, 0.15) is 18.7 Å². The minimum absolute atomic E-state index is 0.0900. The fourth-order valence-electron chi connectivity index (χ4n) is 6.10. The Morgan fingerprint density at radius 3 is 2.47 bits per heavy atom. The van der Waals surface area contributed by atoms with E-state index in [2.05, 4.69) is 31.9 Å². The summed E-state index contributed by atoms with van der Waals surface area (Å²) in [4.78, 5) is 100. The maximum Gasteiger partial charge on any atom is 0.414 e. The summed E-state index contributed by atoms with van der Waals surface area (Å²) in [5.74, 6) is -1.58. The number of primary amides is 1. The molecule has 0 radical (unpaired) electrons. The molecule has 2 aliphatic heterocycles. The number of carbonyl (C=O) groups is 8. The van der Waals surface area contributed by atoms with E-state index in [9.17, 15) is 38.4 Å². The normalized spacial score (nSPS) is 15.2. The SMILES string of the molecule is CN(C(=O)OCc1ccc(NC(=O)C(CCCNC(N)=O)NC=O)cc1)c1ccccc1NC(=O)NCc1ccc2c(c1)CN(C1CCC(=O)NC1=O)C2=O. The number of fused-ring (bicyclic) bond motifs is 1. The van der Waals surface area contributed by atoms with E-state index in [-0.39, 0.29) is 57.3 Å². The molecule has 288 valence electrons. The Morgan fingerprint density at radius 2 is 1.75 bits per heavy atom. The van der Waals surface area contributed by atoms with Crippen molar-refractivity contribution in [1.29, 1.82) is 0 Å². The second-order valence-electron chi connectivity index (χ2n) is 12.8. The van der Waals surface area contributed by atoms with Gasteiger partial charge in [0.25, 0.3) is 5.91 Å². The van der Waals surface area contributed by atoms with E-state index in [1.807, 2.05) is 0 Å². The molecule has 0 aromatic heterocycles. The van der Waals surface area contributed by atoms with Gasteiger partial charge in [0.15, 0.2) is 0 Å². The summed E-state index contributed by atoms with van der Waals surface area (Å²) in [6.07, 6.45) is 0.829. The van der Waals surface area contributed by atoms with Gasteiger partial charge in [0, 0.05) is 44.4 Å². The molecule has 55 heavy (non-hydrogen) atoms. The highest BCUT2D eigenvalue weighted by atomic mass is 16.6. The summed E-state index contributed by atoms with van der Waals surface area (Å²) in [5, 5.41) is 15.4. The number of benzene rings is 3. The van der Waals surface area contributed by atoms with Gasteiger partial charge in [-0.15, -0.1) is 0 Å². The largest absolute Gasteiger partial charge is 0.444 e. The number of hydrogen-bond donors (Lipinski definition) is 7. The lowest BCUT2D eigenvalue weighted by atomic mass is 10.0. The molecule has 0 saturated carbocycles. The van der Waals surface area contributed by atoms with E-state index in [4.69, 9.17) is 10.5 Å². The van der Waals surface area contributed by atoms with Gasteiger partial charge in [-0.1, -0.05) is 36.4 Å². The number of nitrogens with two attached hydrogens (primary N) is 1. The van der Waals surface area contributed by atoms with E-state index in [1.54, 1.807) is 66.7 Å². The van der Waals surface area contributed by atoms with Gasteiger partial charge < -0.3 is 42.0 Å². The summed E-state index contributed by atoms with van der Waals surface area (Å²) in [7, 11) is 1.50.